The Morgan fingerprint density at radius 1 is 1.18 bits per heavy atom. The van der Waals surface area contributed by atoms with E-state index >= 15 is 0 Å². The molecule has 7 heteroatoms. The molecule has 0 saturated heterocycles. The molecule has 0 fully saturated rings. The highest BCUT2D eigenvalue weighted by atomic mass is 35.5. The third-order valence-electron chi connectivity index (χ3n) is 3.00. The zero-order valence-electron chi connectivity index (χ0n) is 11.7. The Kier molecular flexibility index (Phi) is 3.84. The SMILES string of the molecule is Cc1ccc(-n2cnc(C(=O)Nc3cccnc3Cl)n2)cc1. The summed E-state index contributed by atoms with van der Waals surface area (Å²) in [5.41, 5.74) is 2.39. The van der Waals surface area contributed by atoms with Crippen LogP contribution in [0.4, 0.5) is 5.69 Å². The van der Waals surface area contributed by atoms with Crippen LogP contribution in [0.3, 0.4) is 0 Å². The lowest BCUT2D eigenvalue weighted by atomic mass is 10.2. The largest absolute Gasteiger partial charge is 0.317 e. The van der Waals surface area contributed by atoms with Crippen molar-refractivity contribution in [2.45, 2.75) is 6.92 Å². The first kappa shape index (κ1) is 14.2. The summed E-state index contributed by atoms with van der Waals surface area (Å²) in [4.78, 5) is 20.0. The second-order valence-electron chi connectivity index (χ2n) is 4.64. The van der Waals surface area contributed by atoms with E-state index in [0.29, 0.717) is 5.69 Å². The van der Waals surface area contributed by atoms with E-state index in [-0.39, 0.29) is 11.0 Å². The summed E-state index contributed by atoms with van der Waals surface area (Å²) in [6, 6.07) is 11.1. The highest BCUT2D eigenvalue weighted by Crippen LogP contribution is 2.18. The average molecular weight is 314 g/mol. The maximum Gasteiger partial charge on any atom is 0.295 e. The molecule has 0 radical (unpaired) electrons. The predicted octanol–water partition coefficient (Wildman–Crippen LogP) is 2.88. The second kappa shape index (κ2) is 5.95. The Labute approximate surface area is 131 Å². The molecule has 1 N–H and O–H groups in total. The van der Waals surface area contributed by atoms with Crippen LogP contribution in [0.5, 0.6) is 0 Å². The van der Waals surface area contributed by atoms with Crippen LogP contribution in [0, 0.1) is 6.92 Å². The van der Waals surface area contributed by atoms with Gasteiger partial charge >= 0.3 is 0 Å². The molecule has 6 nitrogen and oxygen atoms in total. The number of rotatable bonds is 3. The summed E-state index contributed by atoms with van der Waals surface area (Å²) < 4.78 is 1.54. The maximum atomic E-state index is 12.1. The van der Waals surface area contributed by atoms with Crippen molar-refractivity contribution >= 4 is 23.2 Å². The molecule has 0 aliphatic carbocycles. The smallest absolute Gasteiger partial charge is 0.295 e. The van der Waals surface area contributed by atoms with E-state index in [9.17, 15) is 4.79 Å². The van der Waals surface area contributed by atoms with Crippen LogP contribution in [0.2, 0.25) is 5.15 Å². The van der Waals surface area contributed by atoms with Crippen molar-refractivity contribution in [3.05, 3.63) is 65.5 Å². The van der Waals surface area contributed by atoms with Gasteiger partial charge in [-0.05, 0) is 31.2 Å². The number of anilines is 1. The number of aryl methyl sites for hydroxylation is 1. The van der Waals surface area contributed by atoms with Crippen molar-refractivity contribution in [3.63, 3.8) is 0 Å². The molecule has 1 amide bonds. The highest BCUT2D eigenvalue weighted by molar-refractivity contribution is 6.32. The van der Waals surface area contributed by atoms with Crippen molar-refractivity contribution in [1.82, 2.24) is 19.7 Å². The number of nitrogens with one attached hydrogen (secondary N) is 1. The molecule has 0 aliphatic rings. The zero-order chi connectivity index (χ0) is 15.5. The van der Waals surface area contributed by atoms with Crippen LogP contribution in [-0.4, -0.2) is 25.7 Å². The standard InChI is InChI=1S/C15H12ClN5O/c1-10-4-6-11(7-5-10)21-9-18-14(20-21)15(22)19-12-3-2-8-17-13(12)16/h2-9H,1H3,(H,19,22). The number of aromatic nitrogens is 4. The van der Waals surface area contributed by atoms with Crippen LogP contribution < -0.4 is 5.32 Å². The molecule has 110 valence electrons. The zero-order valence-corrected chi connectivity index (χ0v) is 12.4. The lowest BCUT2D eigenvalue weighted by Gasteiger charge is -2.03. The molecule has 22 heavy (non-hydrogen) atoms. The Morgan fingerprint density at radius 3 is 2.68 bits per heavy atom. The van der Waals surface area contributed by atoms with Gasteiger partial charge in [-0.3, -0.25) is 4.79 Å². The number of nitrogens with zero attached hydrogens (tertiary/aromatic N) is 4. The molecular formula is C15H12ClN5O. The first-order chi connectivity index (χ1) is 10.6. The van der Waals surface area contributed by atoms with Crippen molar-refractivity contribution in [1.29, 1.82) is 0 Å². The Balaban J connectivity index is 1.80. The first-order valence-electron chi connectivity index (χ1n) is 6.54. The molecule has 0 saturated carbocycles. The van der Waals surface area contributed by atoms with E-state index in [4.69, 9.17) is 11.6 Å². The number of benzene rings is 1. The van der Waals surface area contributed by atoms with Gasteiger partial charge in [0.25, 0.3) is 5.91 Å². The third-order valence-corrected chi connectivity index (χ3v) is 3.30. The summed E-state index contributed by atoms with van der Waals surface area (Å²) in [6.45, 7) is 2.00. The molecule has 3 aromatic rings. The average Bonchev–Trinajstić information content (AvgIpc) is 3.00. The molecule has 0 spiro atoms. The van der Waals surface area contributed by atoms with Crippen LogP contribution in [0.15, 0.2) is 48.9 Å². The van der Waals surface area contributed by atoms with Crippen LogP contribution in [-0.2, 0) is 0 Å². The fourth-order valence-corrected chi connectivity index (χ4v) is 2.01. The minimum atomic E-state index is -0.444. The number of pyridine rings is 1. The van der Waals surface area contributed by atoms with Gasteiger partial charge in [-0.2, -0.15) is 0 Å². The summed E-state index contributed by atoms with van der Waals surface area (Å²) >= 11 is 5.90. The molecule has 0 aliphatic heterocycles. The van der Waals surface area contributed by atoms with Crippen molar-refractivity contribution in [3.8, 4) is 5.69 Å². The molecule has 0 unspecified atom stereocenters. The van der Waals surface area contributed by atoms with E-state index in [2.05, 4.69) is 20.4 Å². The molecule has 2 heterocycles. The van der Waals surface area contributed by atoms with Gasteiger partial charge in [0.15, 0.2) is 5.15 Å². The summed E-state index contributed by atoms with van der Waals surface area (Å²) in [5, 5.41) is 7.01. The number of hydrogen-bond acceptors (Lipinski definition) is 4. The van der Waals surface area contributed by atoms with Crippen LogP contribution in [0.1, 0.15) is 16.2 Å². The van der Waals surface area contributed by atoms with Gasteiger partial charge in [0.05, 0.1) is 11.4 Å². The van der Waals surface area contributed by atoms with Crippen LogP contribution >= 0.6 is 11.6 Å². The van der Waals surface area contributed by atoms with Gasteiger partial charge in [0.2, 0.25) is 5.82 Å². The fourth-order valence-electron chi connectivity index (χ4n) is 1.85. The molecule has 0 bridgehead atoms. The van der Waals surface area contributed by atoms with Gasteiger partial charge < -0.3 is 5.32 Å². The van der Waals surface area contributed by atoms with Gasteiger partial charge in [0.1, 0.15) is 6.33 Å². The minimum absolute atomic E-state index is 0.0560. The van der Waals surface area contributed by atoms with Gasteiger partial charge in [-0.15, -0.1) is 5.10 Å². The summed E-state index contributed by atoms with van der Waals surface area (Å²) in [6.07, 6.45) is 3.03. The van der Waals surface area contributed by atoms with Crippen molar-refractivity contribution < 1.29 is 4.79 Å². The van der Waals surface area contributed by atoms with Gasteiger partial charge in [-0.25, -0.2) is 14.6 Å². The molecule has 3 rings (SSSR count). The Hall–Kier alpha value is -2.73. The summed E-state index contributed by atoms with van der Waals surface area (Å²) in [5.74, 6) is -0.388. The molecular weight excluding hydrogens is 302 g/mol. The Morgan fingerprint density at radius 2 is 1.95 bits per heavy atom. The van der Waals surface area contributed by atoms with E-state index in [1.54, 1.807) is 23.0 Å². The van der Waals surface area contributed by atoms with E-state index in [1.165, 1.54) is 6.33 Å². The van der Waals surface area contributed by atoms with E-state index in [1.807, 2.05) is 31.2 Å². The second-order valence-corrected chi connectivity index (χ2v) is 5.00. The monoisotopic (exact) mass is 313 g/mol. The van der Waals surface area contributed by atoms with Gasteiger partial charge in [0, 0.05) is 6.20 Å². The summed E-state index contributed by atoms with van der Waals surface area (Å²) in [7, 11) is 0. The lowest BCUT2D eigenvalue weighted by Crippen LogP contribution is -2.14. The number of halogens is 1. The van der Waals surface area contributed by atoms with Crippen LogP contribution in [0.25, 0.3) is 5.69 Å². The third kappa shape index (κ3) is 2.96. The number of carbonyl (C=O) groups excluding carboxylic acids is 1. The fraction of sp³-hybridized carbons (Fsp3) is 0.0667. The minimum Gasteiger partial charge on any atom is -0.317 e. The molecule has 1 aromatic carbocycles. The van der Waals surface area contributed by atoms with Crippen molar-refractivity contribution in [2.24, 2.45) is 0 Å². The van der Waals surface area contributed by atoms with E-state index < -0.39 is 5.91 Å². The van der Waals surface area contributed by atoms with Gasteiger partial charge in [-0.1, -0.05) is 29.3 Å². The van der Waals surface area contributed by atoms with E-state index in [0.717, 1.165) is 11.3 Å². The normalized spacial score (nSPS) is 10.5. The highest BCUT2D eigenvalue weighted by Gasteiger charge is 2.14. The molecule has 0 atom stereocenters. The van der Waals surface area contributed by atoms with Crippen molar-refractivity contribution in [2.75, 3.05) is 5.32 Å². The maximum absolute atomic E-state index is 12.1. The number of hydrogen-bond donors (Lipinski definition) is 1. The number of carbonyl (C=O) groups is 1. The predicted molar refractivity (Wildman–Crippen MR) is 83.3 cm³/mol. The Bertz CT molecular complexity index is 813. The lowest BCUT2D eigenvalue weighted by molar-refractivity contribution is 0.101. The molecule has 2 aromatic heterocycles. The topological polar surface area (TPSA) is 72.7 Å². The number of amides is 1. The first-order valence-corrected chi connectivity index (χ1v) is 6.92. The quantitative estimate of drug-likeness (QED) is 0.755.